The molecule has 0 amide bonds. The predicted octanol–water partition coefficient (Wildman–Crippen LogP) is 6.11. The van der Waals surface area contributed by atoms with E-state index in [9.17, 15) is 0 Å². The molecule has 0 atom stereocenters. The summed E-state index contributed by atoms with van der Waals surface area (Å²) in [4.78, 5) is 12.0. The molecule has 35 heavy (non-hydrogen) atoms. The summed E-state index contributed by atoms with van der Waals surface area (Å²) in [5.41, 5.74) is 2.14. The van der Waals surface area contributed by atoms with Crippen LogP contribution in [0.15, 0.2) is 23.6 Å². The highest BCUT2D eigenvalue weighted by atomic mass is 35.5. The summed E-state index contributed by atoms with van der Waals surface area (Å²) in [6.45, 7) is 16.3. The Morgan fingerprint density at radius 1 is 1.17 bits per heavy atom. The first kappa shape index (κ1) is 25.9. The fourth-order valence-corrected chi connectivity index (χ4v) is 5.19. The summed E-state index contributed by atoms with van der Waals surface area (Å²) in [6, 6.07) is 6.11. The molecule has 1 aliphatic rings. The molecular weight excluding hydrogens is 484 g/mol. The lowest BCUT2D eigenvalue weighted by Gasteiger charge is -2.41. The highest BCUT2D eigenvalue weighted by Crippen LogP contribution is 2.39. The molecule has 0 saturated carbocycles. The monoisotopic (exact) mass is 518 g/mol. The van der Waals surface area contributed by atoms with Crippen molar-refractivity contribution in [1.82, 2.24) is 14.9 Å². The number of benzene rings is 1. The Labute approximate surface area is 216 Å². The number of hydrogen-bond acceptors (Lipinski definition) is 8. The second-order valence-electron chi connectivity index (χ2n) is 9.98. The Bertz CT molecular complexity index is 1160. The van der Waals surface area contributed by atoms with Crippen molar-refractivity contribution in [1.29, 1.82) is 0 Å². The first-order chi connectivity index (χ1) is 16.6. The van der Waals surface area contributed by atoms with E-state index < -0.39 is 0 Å². The Kier molecular flexibility index (Phi) is 8.06. The standard InChI is InChI=1S/C26H35ClN4O3S/c1-16(2)28-25-30-20(14-35-25)19-13-22(34-17(3)4)18-7-8-21(23(27)24(18)29-19)33-12-10-31-9-11-32-15-26(31,5)6/h7-8,13-14,16-17H,9-12,15H2,1-6H3,(H,28,30). The zero-order valence-corrected chi connectivity index (χ0v) is 22.9. The molecule has 1 aromatic carbocycles. The van der Waals surface area contributed by atoms with Crippen LogP contribution in [-0.2, 0) is 4.74 Å². The predicted molar refractivity (Wildman–Crippen MR) is 144 cm³/mol. The van der Waals surface area contributed by atoms with Crippen LogP contribution >= 0.6 is 22.9 Å². The zero-order chi connectivity index (χ0) is 25.2. The van der Waals surface area contributed by atoms with E-state index in [-0.39, 0.29) is 11.6 Å². The van der Waals surface area contributed by atoms with E-state index in [4.69, 9.17) is 35.8 Å². The summed E-state index contributed by atoms with van der Waals surface area (Å²) in [5.74, 6) is 1.35. The molecule has 1 saturated heterocycles. The number of halogens is 1. The van der Waals surface area contributed by atoms with Crippen LogP contribution in [0.3, 0.4) is 0 Å². The van der Waals surface area contributed by atoms with E-state index in [0.717, 1.165) is 54.0 Å². The van der Waals surface area contributed by atoms with Crippen LogP contribution in [0, 0.1) is 0 Å². The number of pyridine rings is 1. The van der Waals surface area contributed by atoms with Crippen LogP contribution in [0.2, 0.25) is 5.02 Å². The largest absolute Gasteiger partial charge is 0.491 e. The SMILES string of the molecule is CC(C)Nc1nc(-c2cc(OC(C)C)c3ccc(OCCN4CCOCC4(C)C)c(Cl)c3n2)cs1. The molecule has 3 heterocycles. The molecule has 0 bridgehead atoms. The fraction of sp³-hybridized carbons (Fsp3) is 0.538. The second-order valence-corrected chi connectivity index (χ2v) is 11.2. The minimum atomic E-state index is -0.00878. The normalized spacial score (nSPS) is 16.3. The Morgan fingerprint density at radius 3 is 2.69 bits per heavy atom. The Hall–Kier alpha value is -2.13. The number of ether oxygens (including phenoxy) is 3. The van der Waals surface area contributed by atoms with Gasteiger partial charge < -0.3 is 19.5 Å². The van der Waals surface area contributed by atoms with Crippen molar-refractivity contribution < 1.29 is 14.2 Å². The molecule has 0 unspecified atom stereocenters. The van der Waals surface area contributed by atoms with Gasteiger partial charge >= 0.3 is 0 Å². The van der Waals surface area contributed by atoms with E-state index in [1.165, 1.54) is 0 Å². The minimum absolute atomic E-state index is 0.00799. The Balaban J connectivity index is 1.62. The fourth-order valence-electron chi connectivity index (χ4n) is 4.08. The van der Waals surface area contributed by atoms with Crippen molar-refractivity contribution in [3.8, 4) is 22.9 Å². The van der Waals surface area contributed by atoms with Crippen molar-refractivity contribution in [2.24, 2.45) is 0 Å². The number of nitrogens with one attached hydrogen (secondary N) is 1. The van der Waals surface area contributed by atoms with Gasteiger partial charge in [-0.05, 0) is 53.7 Å². The summed E-state index contributed by atoms with van der Waals surface area (Å²) in [6.07, 6.45) is 0.00799. The van der Waals surface area contributed by atoms with E-state index in [2.05, 4.69) is 37.9 Å². The van der Waals surface area contributed by atoms with Crippen LogP contribution in [0.1, 0.15) is 41.5 Å². The lowest BCUT2D eigenvalue weighted by Crippen LogP contribution is -2.54. The maximum absolute atomic E-state index is 6.85. The van der Waals surface area contributed by atoms with Crippen LogP contribution < -0.4 is 14.8 Å². The lowest BCUT2D eigenvalue weighted by molar-refractivity contribution is -0.0547. The van der Waals surface area contributed by atoms with Crippen molar-refractivity contribution in [2.75, 3.05) is 38.2 Å². The van der Waals surface area contributed by atoms with Crippen molar-refractivity contribution >= 4 is 39.0 Å². The van der Waals surface area contributed by atoms with Gasteiger partial charge in [0.15, 0.2) is 5.13 Å². The van der Waals surface area contributed by atoms with Gasteiger partial charge in [-0.3, -0.25) is 4.90 Å². The van der Waals surface area contributed by atoms with Crippen LogP contribution in [0.4, 0.5) is 5.13 Å². The van der Waals surface area contributed by atoms with E-state index in [1.54, 1.807) is 11.3 Å². The molecule has 1 fully saturated rings. The number of thiazole rings is 1. The van der Waals surface area contributed by atoms with Gasteiger partial charge in [0, 0.05) is 41.5 Å². The molecule has 1 N–H and O–H groups in total. The van der Waals surface area contributed by atoms with Gasteiger partial charge in [-0.25, -0.2) is 9.97 Å². The number of nitrogens with zero attached hydrogens (tertiary/aromatic N) is 3. The van der Waals surface area contributed by atoms with Gasteiger partial charge in [-0.1, -0.05) is 11.6 Å². The highest BCUT2D eigenvalue weighted by molar-refractivity contribution is 7.14. The first-order valence-electron chi connectivity index (χ1n) is 12.1. The third kappa shape index (κ3) is 6.17. The van der Waals surface area contributed by atoms with Crippen molar-refractivity contribution in [3.05, 3.63) is 28.6 Å². The van der Waals surface area contributed by atoms with Gasteiger partial charge in [0.1, 0.15) is 28.8 Å². The van der Waals surface area contributed by atoms with E-state index >= 15 is 0 Å². The van der Waals surface area contributed by atoms with Gasteiger partial charge in [0.05, 0.1) is 30.5 Å². The van der Waals surface area contributed by atoms with Gasteiger partial charge in [-0.15, -0.1) is 11.3 Å². The van der Waals surface area contributed by atoms with Gasteiger partial charge in [0.2, 0.25) is 0 Å². The molecule has 190 valence electrons. The third-order valence-electron chi connectivity index (χ3n) is 5.82. The third-order valence-corrected chi connectivity index (χ3v) is 6.96. The number of fused-ring (bicyclic) bond motifs is 1. The second kappa shape index (κ2) is 10.9. The maximum Gasteiger partial charge on any atom is 0.183 e. The number of rotatable bonds is 9. The minimum Gasteiger partial charge on any atom is -0.491 e. The molecule has 7 nitrogen and oxygen atoms in total. The van der Waals surface area contributed by atoms with Gasteiger partial charge in [-0.2, -0.15) is 0 Å². The molecule has 3 aromatic rings. The van der Waals surface area contributed by atoms with Crippen LogP contribution in [0.25, 0.3) is 22.3 Å². The Morgan fingerprint density at radius 2 is 1.97 bits per heavy atom. The summed E-state index contributed by atoms with van der Waals surface area (Å²) in [5, 5.41) is 7.53. The summed E-state index contributed by atoms with van der Waals surface area (Å²) in [7, 11) is 0. The molecule has 2 aromatic heterocycles. The molecule has 4 rings (SSSR count). The molecule has 1 aliphatic heterocycles. The smallest absolute Gasteiger partial charge is 0.183 e. The first-order valence-corrected chi connectivity index (χ1v) is 13.4. The topological polar surface area (TPSA) is 68.7 Å². The van der Waals surface area contributed by atoms with Crippen LogP contribution in [-0.4, -0.2) is 65.5 Å². The summed E-state index contributed by atoms with van der Waals surface area (Å²) >= 11 is 8.41. The quantitative estimate of drug-likeness (QED) is 0.366. The van der Waals surface area contributed by atoms with E-state index in [0.29, 0.717) is 28.9 Å². The average Bonchev–Trinajstić information content (AvgIpc) is 3.24. The number of hydrogen-bond donors (Lipinski definition) is 1. The molecule has 9 heteroatoms. The highest BCUT2D eigenvalue weighted by Gasteiger charge is 2.30. The molecule has 0 radical (unpaired) electrons. The average molecular weight is 519 g/mol. The van der Waals surface area contributed by atoms with Crippen molar-refractivity contribution in [3.63, 3.8) is 0 Å². The molecule has 0 aliphatic carbocycles. The lowest BCUT2D eigenvalue weighted by atomic mass is 10.0. The summed E-state index contributed by atoms with van der Waals surface area (Å²) < 4.78 is 17.9. The number of morpholine rings is 1. The zero-order valence-electron chi connectivity index (χ0n) is 21.4. The van der Waals surface area contributed by atoms with Crippen molar-refractivity contribution in [2.45, 2.75) is 59.2 Å². The van der Waals surface area contributed by atoms with Gasteiger partial charge in [0.25, 0.3) is 0 Å². The number of anilines is 1. The van der Waals surface area contributed by atoms with Crippen LogP contribution in [0.5, 0.6) is 11.5 Å². The number of aromatic nitrogens is 2. The molecule has 0 spiro atoms. The maximum atomic E-state index is 6.85. The van der Waals surface area contributed by atoms with E-state index in [1.807, 2.05) is 37.4 Å². The molecular formula is C26H35ClN4O3S.